The summed E-state index contributed by atoms with van der Waals surface area (Å²) < 4.78 is 13.4. The minimum atomic E-state index is -0.364. The van der Waals surface area contributed by atoms with Gasteiger partial charge < -0.3 is 5.11 Å². The summed E-state index contributed by atoms with van der Waals surface area (Å²) in [6.07, 6.45) is 2.51. The fourth-order valence-corrected chi connectivity index (χ4v) is 2.69. The fourth-order valence-electron chi connectivity index (χ4n) is 1.62. The summed E-state index contributed by atoms with van der Waals surface area (Å²) in [6.45, 7) is 1.75. The molecule has 17 heavy (non-hydrogen) atoms. The average Bonchev–Trinajstić information content (AvgIpc) is 2.68. The molecule has 0 spiro atoms. The number of aromatic nitrogens is 1. The standard InChI is InChI=1S/C13H14FNOS/c1-9(16)6-11-8-15-13(17-11)7-10-4-2-3-5-12(10)14/h2-5,8-9,16H,6-7H2,1H3. The SMILES string of the molecule is CC(O)Cc1cnc(Cc2ccccc2F)s1. The van der Waals surface area contributed by atoms with Gasteiger partial charge in [-0.25, -0.2) is 9.37 Å². The van der Waals surface area contributed by atoms with E-state index in [0.717, 1.165) is 9.88 Å². The van der Waals surface area contributed by atoms with Crippen LogP contribution in [0.1, 0.15) is 22.4 Å². The highest BCUT2D eigenvalue weighted by atomic mass is 32.1. The molecule has 0 aliphatic rings. The van der Waals surface area contributed by atoms with Crippen molar-refractivity contribution in [3.05, 3.63) is 51.7 Å². The molecule has 0 bridgehead atoms. The number of aliphatic hydroxyl groups is 1. The van der Waals surface area contributed by atoms with Crippen LogP contribution in [-0.4, -0.2) is 16.2 Å². The lowest BCUT2D eigenvalue weighted by molar-refractivity contribution is 0.196. The number of rotatable bonds is 4. The van der Waals surface area contributed by atoms with Gasteiger partial charge in [0.25, 0.3) is 0 Å². The number of thiazole rings is 1. The third-order valence-electron chi connectivity index (χ3n) is 2.40. The van der Waals surface area contributed by atoms with Crippen LogP contribution >= 0.6 is 11.3 Å². The van der Waals surface area contributed by atoms with Gasteiger partial charge in [-0.1, -0.05) is 18.2 Å². The maximum absolute atomic E-state index is 13.4. The molecule has 0 aliphatic carbocycles. The highest BCUT2D eigenvalue weighted by Gasteiger charge is 2.08. The van der Waals surface area contributed by atoms with Crippen LogP contribution in [0.3, 0.4) is 0 Å². The lowest BCUT2D eigenvalue weighted by Gasteiger charge is -2.00. The second-order valence-electron chi connectivity index (χ2n) is 4.04. The van der Waals surface area contributed by atoms with Gasteiger partial charge in [-0.05, 0) is 18.6 Å². The van der Waals surface area contributed by atoms with Gasteiger partial charge in [0.1, 0.15) is 5.82 Å². The van der Waals surface area contributed by atoms with Crippen molar-refractivity contribution >= 4 is 11.3 Å². The Kier molecular flexibility index (Phi) is 3.86. The van der Waals surface area contributed by atoms with Crippen molar-refractivity contribution in [2.24, 2.45) is 0 Å². The van der Waals surface area contributed by atoms with E-state index in [1.807, 2.05) is 6.07 Å². The van der Waals surface area contributed by atoms with Gasteiger partial charge in [-0.3, -0.25) is 0 Å². The number of hydrogen-bond acceptors (Lipinski definition) is 3. The van der Waals surface area contributed by atoms with Crippen molar-refractivity contribution in [3.63, 3.8) is 0 Å². The predicted molar refractivity (Wildman–Crippen MR) is 66.7 cm³/mol. The molecule has 1 heterocycles. The zero-order valence-electron chi connectivity index (χ0n) is 9.56. The van der Waals surface area contributed by atoms with Gasteiger partial charge in [-0.15, -0.1) is 11.3 Å². The van der Waals surface area contributed by atoms with E-state index >= 15 is 0 Å². The third kappa shape index (κ3) is 3.35. The Morgan fingerprint density at radius 1 is 1.41 bits per heavy atom. The maximum Gasteiger partial charge on any atom is 0.126 e. The summed E-state index contributed by atoms with van der Waals surface area (Å²) in [5, 5.41) is 10.1. The summed E-state index contributed by atoms with van der Waals surface area (Å²) in [5.74, 6) is -0.195. The van der Waals surface area contributed by atoms with Crippen molar-refractivity contribution in [2.45, 2.75) is 25.9 Å². The second-order valence-corrected chi connectivity index (χ2v) is 5.24. The molecule has 0 radical (unpaired) electrons. The zero-order chi connectivity index (χ0) is 12.3. The molecule has 0 saturated carbocycles. The van der Waals surface area contributed by atoms with E-state index in [0.29, 0.717) is 18.4 Å². The van der Waals surface area contributed by atoms with Crippen molar-refractivity contribution < 1.29 is 9.50 Å². The molecule has 2 aromatic rings. The molecule has 0 fully saturated rings. The van der Waals surface area contributed by atoms with Gasteiger partial charge in [-0.2, -0.15) is 0 Å². The molecule has 1 N–H and O–H groups in total. The Labute approximate surface area is 104 Å². The molecule has 90 valence electrons. The van der Waals surface area contributed by atoms with Crippen LogP contribution in [-0.2, 0) is 12.8 Å². The van der Waals surface area contributed by atoms with Crippen molar-refractivity contribution in [1.29, 1.82) is 0 Å². The summed E-state index contributed by atoms with van der Waals surface area (Å²) in [7, 11) is 0. The molecule has 1 aromatic heterocycles. The molecule has 0 saturated heterocycles. The summed E-state index contributed by atoms with van der Waals surface area (Å²) in [4.78, 5) is 5.28. The third-order valence-corrected chi connectivity index (χ3v) is 3.42. The predicted octanol–water partition coefficient (Wildman–Crippen LogP) is 2.80. The van der Waals surface area contributed by atoms with Crippen molar-refractivity contribution in [2.75, 3.05) is 0 Å². The topological polar surface area (TPSA) is 33.1 Å². The van der Waals surface area contributed by atoms with E-state index in [1.54, 1.807) is 25.3 Å². The minimum absolute atomic E-state index is 0.195. The Morgan fingerprint density at radius 3 is 2.88 bits per heavy atom. The van der Waals surface area contributed by atoms with Gasteiger partial charge in [0.2, 0.25) is 0 Å². The number of nitrogens with zero attached hydrogens (tertiary/aromatic N) is 1. The van der Waals surface area contributed by atoms with E-state index in [4.69, 9.17) is 0 Å². The molecule has 1 atom stereocenters. The molecule has 1 unspecified atom stereocenters. The Morgan fingerprint density at radius 2 is 2.18 bits per heavy atom. The van der Waals surface area contributed by atoms with Gasteiger partial charge >= 0.3 is 0 Å². The van der Waals surface area contributed by atoms with Crippen LogP contribution in [0, 0.1) is 5.82 Å². The van der Waals surface area contributed by atoms with Crippen LogP contribution in [0.5, 0.6) is 0 Å². The Balaban J connectivity index is 2.09. The van der Waals surface area contributed by atoms with Crippen molar-refractivity contribution in [3.8, 4) is 0 Å². The van der Waals surface area contributed by atoms with Gasteiger partial charge in [0.15, 0.2) is 0 Å². The summed E-state index contributed by atoms with van der Waals surface area (Å²) in [6, 6.07) is 6.73. The first-order valence-electron chi connectivity index (χ1n) is 5.50. The van der Waals surface area contributed by atoms with Gasteiger partial charge in [0, 0.05) is 23.9 Å². The van der Waals surface area contributed by atoms with E-state index in [1.165, 1.54) is 17.4 Å². The van der Waals surface area contributed by atoms with E-state index in [2.05, 4.69) is 4.98 Å². The van der Waals surface area contributed by atoms with E-state index in [-0.39, 0.29) is 11.9 Å². The largest absolute Gasteiger partial charge is 0.393 e. The average molecular weight is 251 g/mol. The second kappa shape index (κ2) is 5.38. The first-order chi connectivity index (χ1) is 8.15. The van der Waals surface area contributed by atoms with E-state index < -0.39 is 0 Å². The summed E-state index contributed by atoms with van der Waals surface area (Å²) >= 11 is 1.53. The molecule has 0 amide bonds. The number of hydrogen-bond donors (Lipinski definition) is 1. The first-order valence-corrected chi connectivity index (χ1v) is 6.32. The lowest BCUT2D eigenvalue weighted by atomic mass is 10.1. The quantitative estimate of drug-likeness (QED) is 0.906. The minimum Gasteiger partial charge on any atom is -0.393 e. The Bertz CT molecular complexity index is 496. The normalized spacial score (nSPS) is 12.6. The molecule has 4 heteroatoms. The van der Waals surface area contributed by atoms with E-state index in [9.17, 15) is 9.50 Å². The Hall–Kier alpha value is -1.26. The van der Waals surface area contributed by atoms with Crippen LogP contribution in [0.15, 0.2) is 30.5 Å². The molecule has 2 nitrogen and oxygen atoms in total. The highest BCUT2D eigenvalue weighted by molar-refractivity contribution is 7.11. The molecular weight excluding hydrogens is 237 g/mol. The van der Waals surface area contributed by atoms with Crippen LogP contribution < -0.4 is 0 Å². The fraction of sp³-hybridized carbons (Fsp3) is 0.308. The highest BCUT2D eigenvalue weighted by Crippen LogP contribution is 2.19. The van der Waals surface area contributed by atoms with Crippen LogP contribution in [0.25, 0.3) is 0 Å². The monoisotopic (exact) mass is 251 g/mol. The lowest BCUT2D eigenvalue weighted by Crippen LogP contribution is -2.01. The van der Waals surface area contributed by atoms with Crippen molar-refractivity contribution in [1.82, 2.24) is 4.98 Å². The molecule has 0 aliphatic heterocycles. The molecule has 1 aromatic carbocycles. The van der Waals surface area contributed by atoms with Crippen LogP contribution in [0.4, 0.5) is 4.39 Å². The molecular formula is C13H14FNOS. The summed E-state index contributed by atoms with van der Waals surface area (Å²) in [5.41, 5.74) is 0.658. The zero-order valence-corrected chi connectivity index (χ0v) is 10.4. The maximum atomic E-state index is 13.4. The smallest absolute Gasteiger partial charge is 0.126 e. The van der Waals surface area contributed by atoms with Crippen LogP contribution in [0.2, 0.25) is 0 Å². The molecule has 2 rings (SSSR count). The van der Waals surface area contributed by atoms with Gasteiger partial charge in [0.05, 0.1) is 11.1 Å². The first kappa shape index (κ1) is 12.2. The number of aliphatic hydroxyl groups excluding tert-OH is 1. The number of benzene rings is 1. The number of halogens is 1.